The summed E-state index contributed by atoms with van der Waals surface area (Å²) in [5.41, 5.74) is 2.77. The molecule has 1 atom stereocenters. The number of carbonyl (C=O) groups excluding carboxylic acids is 1. The second-order valence-electron chi connectivity index (χ2n) is 5.31. The number of nitrogens with zero attached hydrogens (tertiary/aromatic N) is 1. The Morgan fingerprint density at radius 2 is 2.05 bits per heavy atom. The summed E-state index contributed by atoms with van der Waals surface area (Å²) in [4.78, 5) is 14.4. The number of rotatable bonds is 6. The zero-order chi connectivity index (χ0) is 14.4. The molecule has 1 heterocycles. The SMILES string of the molecule is CCNCCNC(=O)C(C)N1CCc2ccccc2C1. The van der Waals surface area contributed by atoms with Gasteiger partial charge in [-0.1, -0.05) is 31.2 Å². The third-order valence-corrected chi connectivity index (χ3v) is 3.94. The first-order valence-electron chi connectivity index (χ1n) is 7.51. The minimum Gasteiger partial charge on any atom is -0.353 e. The van der Waals surface area contributed by atoms with Crippen LogP contribution >= 0.6 is 0 Å². The number of hydrogen-bond acceptors (Lipinski definition) is 3. The molecule has 2 rings (SSSR count). The van der Waals surface area contributed by atoms with E-state index in [2.05, 4.69) is 46.7 Å². The molecule has 0 saturated carbocycles. The smallest absolute Gasteiger partial charge is 0.237 e. The van der Waals surface area contributed by atoms with Crippen LogP contribution in [0.5, 0.6) is 0 Å². The van der Waals surface area contributed by atoms with Crippen molar-refractivity contribution in [1.82, 2.24) is 15.5 Å². The average Bonchev–Trinajstić information content (AvgIpc) is 2.50. The van der Waals surface area contributed by atoms with Crippen LogP contribution in [0.3, 0.4) is 0 Å². The number of nitrogens with one attached hydrogen (secondary N) is 2. The predicted octanol–water partition coefficient (Wildman–Crippen LogP) is 1.16. The van der Waals surface area contributed by atoms with Gasteiger partial charge in [-0.15, -0.1) is 0 Å². The van der Waals surface area contributed by atoms with Crippen molar-refractivity contribution in [2.24, 2.45) is 0 Å². The molecule has 4 nitrogen and oxygen atoms in total. The maximum atomic E-state index is 12.1. The first-order valence-corrected chi connectivity index (χ1v) is 7.51. The van der Waals surface area contributed by atoms with Gasteiger partial charge in [0.15, 0.2) is 0 Å². The minimum absolute atomic E-state index is 0.0648. The Morgan fingerprint density at radius 3 is 2.80 bits per heavy atom. The molecule has 0 fully saturated rings. The van der Waals surface area contributed by atoms with Crippen LogP contribution in [0.15, 0.2) is 24.3 Å². The zero-order valence-electron chi connectivity index (χ0n) is 12.5. The highest BCUT2D eigenvalue weighted by Gasteiger charge is 2.24. The first-order chi connectivity index (χ1) is 9.72. The van der Waals surface area contributed by atoms with Gasteiger partial charge in [0.1, 0.15) is 0 Å². The Balaban J connectivity index is 1.84. The lowest BCUT2D eigenvalue weighted by atomic mass is 9.99. The van der Waals surface area contributed by atoms with Crippen molar-refractivity contribution in [2.45, 2.75) is 32.9 Å². The van der Waals surface area contributed by atoms with Gasteiger partial charge in [-0.2, -0.15) is 0 Å². The molecular formula is C16H25N3O. The van der Waals surface area contributed by atoms with Crippen molar-refractivity contribution in [2.75, 3.05) is 26.2 Å². The van der Waals surface area contributed by atoms with Crippen molar-refractivity contribution in [1.29, 1.82) is 0 Å². The monoisotopic (exact) mass is 275 g/mol. The molecule has 20 heavy (non-hydrogen) atoms. The number of fused-ring (bicyclic) bond motifs is 1. The summed E-state index contributed by atoms with van der Waals surface area (Å²) in [6.45, 7) is 8.36. The maximum Gasteiger partial charge on any atom is 0.237 e. The van der Waals surface area contributed by atoms with E-state index in [-0.39, 0.29) is 11.9 Å². The molecule has 0 saturated heterocycles. The number of carbonyl (C=O) groups is 1. The van der Waals surface area contributed by atoms with Crippen molar-refractivity contribution in [3.8, 4) is 0 Å². The Hall–Kier alpha value is -1.39. The fraction of sp³-hybridized carbons (Fsp3) is 0.562. The molecule has 1 amide bonds. The van der Waals surface area contributed by atoms with E-state index in [1.165, 1.54) is 11.1 Å². The van der Waals surface area contributed by atoms with Gasteiger partial charge in [0, 0.05) is 26.2 Å². The highest BCUT2D eigenvalue weighted by atomic mass is 16.2. The number of likely N-dealkylation sites (N-methyl/N-ethyl adjacent to an activating group) is 1. The van der Waals surface area contributed by atoms with Gasteiger partial charge in [0.25, 0.3) is 0 Å². The van der Waals surface area contributed by atoms with Crippen LogP contribution in [0.25, 0.3) is 0 Å². The summed E-state index contributed by atoms with van der Waals surface area (Å²) in [5.74, 6) is 0.127. The van der Waals surface area contributed by atoms with E-state index in [4.69, 9.17) is 0 Å². The molecular weight excluding hydrogens is 250 g/mol. The van der Waals surface area contributed by atoms with Crippen LogP contribution in [0.1, 0.15) is 25.0 Å². The summed E-state index contributed by atoms with van der Waals surface area (Å²) in [6.07, 6.45) is 1.03. The highest BCUT2D eigenvalue weighted by Crippen LogP contribution is 2.20. The molecule has 1 unspecified atom stereocenters. The van der Waals surface area contributed by atoms with Crippen LogP contribution < -0.4 is 10.6 Å². The summed E-state index contributed by atoms with van der Waals surface area (Å²) in [5, 5.41) is 6.20. The van der Waals surface area contributed by atoms with Gasteiger partial charge in [0.2, 0.25) is 5.91 Å². The Labute approximate surface area is 121 Å². The standard InChI is InChI=1S/C16H25N3O/c1-3-17-9-10-18-16(20)13(2)19-11-8-14-6-4-5-7-15(14)12-19/h4-7,13,17H,3,8-12H2,1-2H3,(H,18,20). The lowest BCUT2D eigenvalue weighted by Crippen LogP contribution is -2.48. The van der Waals surface area contributed by atoms with Crippen molar-refractivity contribution >= 4 is 5.91 Å². The fourth-order valence-electron chi connectivity index (χ4n) is 2.61. The molecule has 4 heteroatoms. The van der Waals surface area contributed by atoms with Crippen molar-refractivity contribution in [3.05, 3.63) is 35.4 Å². The second kappa shape index (κ2) is 7.41. The summed E-state index contributed by atoms with van der Waals surface area (Å²) in [6, 6.07) is 8.45. The molecule has 1 aliphatic heterocycles. The number of hydrogen-bond donors (Lipinski definition) is 2. The van der Waals surface area contributed by atoms with E-state index >= 15 is 0 Å². The Bertz CT molecular complexity index is 447. The molecule has 110 valence electrons. The van der Waals surface area contributed by atoms with Crippen LogP contribution in [0.2, 0.25) is 0 Å². The predicted molar refractivity (Wildman–Crippen MR) is 81.6 cm³/mol. The van der Waals surface area contributed by atoms with Gasteiger partial charge in [-0.05, 0) is 31.0 Å². The minimum atomic E-state index is -0.0648. The van der Waals surface area contributed by atoms with E-state index < -0.39 is 0 Å². The lowest BCUT2D eigenvalue weighted by molar-refractivity contribution is -0.126. The van der Waals surface area contributed by atoms with Crippen molar-refractivity contribution in [3.63, 3.8) is 0 Å². The molecule has 0 aliphatic carbocycles. The van der Waals surface area contributed by atoms with Crippen molar-refractivity contribution < 1.29 is 4.79 Å². The largest absolute Gasteiger partial charge is 0.353 e. The average molecular weight is 275 g/mol. The van der Waals surface area contributed by atoms with E-state index in [1.807, 2.05) is 6.92 Å². The lowest BCUT2D eigenvalue weighted by Gasteiger charge is -2.32. The van der Waals surface area contributed by atoms with Crippen LogP contribution in [-0.2, 0) is 17.8 Å². The fourth-order valence-corrected chi connectivity index (χ4v) is 2.61. The first kappa shape index (κ1) is 15.0. The normalized spacial score (nSPS) is 16.5. The summed E-state index contributed by atoms with van der Waals surface area (Å²) in [7, 11) is 0. The molecule has 0 bridgehead atoms. The third kappa shape index (κ3) is 3.81. The molecule has 1 aliphatic rings. The van der Waals surface area contributed by atoms with E-state index in [9.17, 15) is 4.79 Å². The molecule has 2 N–H and O–H groups in total. The zero-order valence-corrected chi connectivity index (χ0v) is 12.5. The quantitative estimate of drug-likeness (QED) is 0.766. The third-order valence-electron chi connectivity index (χ3n) is 3.94. The van der Waals surface area contributed by atoms with E-state index in [0.29, 0.717) is 6.54 Å². The van der Waals surface area contributed by atoms with Gasteiger partial charge in [-0.25, -0.2) is 0 Å². The van der Waals surface area contributed by atoms with Gasteiger partial charge < -0.3 is 10.6 Å². The van der Waals surface area contributed by atoms with Gasteiger partial charge in [0.05, 0.1) is 6.04 Å². The molecule has 0 spiro atoms. The summed E-state index contributed by atoms with van der Waals surface area (Å²) < 4.78 is 0. The second-order valence-corrected chi connectivity index (χ2v) is 5.31. The van der Waals surface area contributed by atoms with E-state index in [0.717, 1.165) is 32.6 Å². The number of benzene rings is 1. The van der Waals surface area contributed by atoms with Crippen LogP contribution in [0, 0.1) is 0 Å². The van der Waals surface area contributed by atoms with E-state index in [1.54, 1.807) is 0 Å². The topological polar surface area (TPSA) is 44.4 Å². The summed E-state index contributed by atoms with van der Waals surface area (Å²) >= 11 is 0. The Morgan fingerprint density at radius 1 is 1.30 bits per heavy atom. The molecule has 0 radical (unpaired) electrons. The molecule has 0 aromatic heterocycles. The van der Waals surface area contributed by atoms with Crippen LogP contribution in [-0.4, -0.2) is 43.0 Å². The number of amides is 1. The maximum absolute atomic E-state index is 12.1. The molecule has 1 aromatic rings. The van der Waals surface area contributed by atoms with Gasteiger partial charge in [-0.3, -0.25) is 9.69 Å². The Kier molecular flexibility index (Phi) is 5.56. The highest BCUT2D eigenvalue weighted by molar-refractivity contribution is 5.81. The molecule has 1 aromatic carbocycles. The van der Waals surface area contributed by atoms with Gasteiger partial charge >= 0.3 is 0 Å². The van der Waals surface area contributed by atoms with Crippen LogP contribution in [0.4, 0.5) is 0 Å².